The van der Waals surface area contributed by atoms with Crippen LogP contribution in [0.1, 0.15) is 12.8 Å². The fourth-order valence-corrected chi connectivity index (χ4v) is 8.68. The van der Waals surface area contributed by atoms with Gasteiger partial charge in [-0.1, -0.05) is 11.6 Å². The van der Waals surface area contributed by atoms with Gasteiger partial charge in [0.15, 0.2) is 9.84 Å². The fraction of sp³-hybridized carbons (Fsp3) is 0.615. The van der Waals surface area contributed by atoms with E-state index in [-0.39, 0.29) is 31.3 Å². The Morgan fingerprint density at radius 1 is 1.32 bits per heavy atom. The van der Waals surface area contributed by atoms with Crippen LogP contribution in [-0.4, -0.2) is 69.0 Å². The molecule has 1 aromatic heterocycles. The lowest BCUT2D eigenvalue weighted by Gasteiger charge is -2.26. The Labute approximate surface area is 160 Å². The first-order chi connectivity index (χ1) is 11.5. The maximum Gasteiger partial charge on any atom is 0.246 e. The lowest BCUT2D eigenvalue weighted by atomic mass is 10.3. The Balaban J connectivity index is 1.93. The molecule has 1 aromatic rings. The smallest absolute Gasteiger partial charge is 0.246 e. The molecule has 1 aliphatic carbocycles. The molecule has 0 unspecified atom stereocenters. The number of hydrogen-bond acceptors (Lipinski definition) is 7. The van der Waals surface area contributed by atoms with Gasteiger partial charge < -0.3 is 4.90 Å². The summed E-state index contributed by atoms with van der Waals surface area (Å²) in [4.78, 5) is 14.0. The van der Waals surface area contributed by atoms with Crippen LogP contribution in [0.3, 0.4) is 0 Å². The second-order valence-electron chi connectivity index (χ2n) is 6.06. The number of sulfone groups is 1. The molecule has 1 atom stereocenters. The van der Waals surface area contributed by atoms with Crippen molar-refractivity contribution < 1.29 is 21.6 Å². The molecule has 1 saturated heterocycles. The first-order valence-corrected chi connectivity index (χ1v) is 13.1. The molecule has 0 spiro atoms. The molecule has 25 heavy (non-hydrogen) atoms. The fourth-order valence-electron chi connectivity index (χ4n) is 2.55. The summed E-state index contributed by atoms with van der Waals surface area (Å²) in [6, 6.07) is 0.467. The summed E-state index contributed by atoms with van der Waals surface area (Å²) in [5.41, 5.74) is 0. The van der Waals surface area contributed by atoms with Crippen molar-refractivity contribution in [3.8, 4) is 0 Å². The molecule has 0 N–H and O–H groups in total. The maximum atomic E-state index is 13.0. The minimum Gasteiger partial charge on any atom is -0.341 e. The van der Waals surface area contributed by atoms with E-state index in [4.69, 9.17) is 11.6 Å². The van der Waals surface area contributed by atoms with Gasteiger partial charge in [0.1, 0.15) is 19.5 Å². The molecule has 0 aromatic carbocycles. The molecular weight excluding hydrogens is 428 g/mol. The summed E-state index contributed by atoms with van der Waals surface area (Å²) in [6.07, 6.45) is 2.86. The highest BCUT2D eigenvalue weighted by atomic mass is 35.5. The van der Waals surface area contributed by atoms with Crippen molar-refractivity contribution in [3.05, 3.63) is 10.4 Å². The molecule has 1 amide bonds. The highest BCUT2D eigenvalue weighted by Gasteiger charge is 2.44. The van der Waals surface area contributed by atoms with Gasteiger partial charge in [-0.05, 0) is 18.9 Å². The Kier molecular flexibility index (Phi) is 5.19. The molecule has 140 valence electrons. The number of carbonyl (C=O) groups excluding carboxylic acids is 1. The summed E-state index contributed by atoms with van der Waals surface area (Å²) in [6.45, 7) is 0. The standard InChI is InChI=1S/C13H17ClN2O5S4/c1-15(8-3-4-8)13(17)9-6-22-7-16(9)25(20,21)10-5-11(23-12(10)14)24(2,18)19/h5,8-9H,3-4,6-7H2,1-2H3/t9-/m1/s1. The molecule has 2 aliphatic rings. The third-order valence-corrected chi connectivity index (χ3v) is 10.6. The highest BCUT2D eigenvalue weighted by Crippen LogP contribution is 2.38. The monoisotopic (exact) mass is 444 g/mol. The van der Waals surface area contributed by atoms with Gasteiger partial charge in [-0.15, -0.1) is 23.1 Å². The van der Waals surface area contributed by atoms with Gasteiger partial charge in [-0.25, -0.2) is 16.8 Å². The number of thioether (sulfide) groups is 1. The molecule has 3 rings (SSSR count). The molecule has 0 radical (unpaired) electrons. The Morgan fingerprint density at radius 2 is 1.96 bits per heavy atom. The number of carbonyl (C=O) groups is 1. The van der Waals surface area contributed by atoms with E-state index in [1.54, 1.807) is 11.9 Å². The zero-order valence-corrected chi connectivity index (χ0v) is 17.5. The minimum atomic E-state index is -4.06. The largest absolute Gasteiger partial charge is 0.341 e. The van der Waals surface area contributed by atoms with Gasteiger partial charge >= 0.3 is 0 Å². The van der Waals surface area contributed by atoms with Crippen molar-refractivity contribution in [1.29, 1.82) is 0 Å². The summed E-state index contributed by atoms with van der Waals surface area (Å²) in [5, 5.41) is 0. The van der Waals surface area contributed by atoms with E-state index >= 15 is 0 Å². The average molecular weight is 445 g/mol. The van der Waals surface area contributed by atoms with Crippen molar-refractivity contribution in [2.24, 2.45) is 0 Å². The van der Waals surface area contributed by atoms with Crippen molar-refractivity contribution in [3.63, 3.8) is 0 Å². The molecule has 7 nitrogen and oxygen atoms in total. The van der Waals surface area contributed by atoms with Gasteiger partial charge in [-0.3, -0.25) is 4.79 Å². The quantitative estimate of drug-likeness (QED) is 0.683. The summed E-state index contributed by atoms with van der Waals surface area (Å²) < 4.78 is 50.2. The molecule has 2 fully saturated rings. The van der Waals surface area contributed by atoms with E-state index in [9.17, 15) is 21.6 Å². The van der Waals surface area contributed by atoms with Crippen molar-refractivity contribution in [2.45, 2.75) is 34.0 Å². The van der Waals surface area contributed by atoms with Crippen LogP contribution in [-0.2, 0) is 24.7 Å². The Hall–Kier alpha value is -0.330. The van der Waals surface area contributed by atoms with Gasteiger partial charge in [-0.2, -0.15) is 4.31 Å². The van der Waals surface area contributed by atoms with Crippen molar-refractivity contribution in [1.82, 2.24) is 9.21 Å². The third-order valence-electron chi connectivity index (χ3n) is 4.15. The molecule has 1 saturated carbocycles. The topological polar surface area (TPSA) is 91.8 Å². The van der Waals surface area contributed by atoms with Crippen LogP contribution >= 0.6 is 34.7 Å². The second-order valence-corrected chi connectivity index (χ2v) is 12.8. The number of likely N-dealkylation sites (N-methyl/N-ethyl adjacent to an activating group) is 1. The lowest BCUT2D eigenvalue weighted by molar-refractivity contribution is -0.133. The SMILES string of the molecule is CN(C(=O)[C@H]1CSCN1S(=O)(=O)c1cc(S(C)(=O)=O)sc1Cl)C1CC1. The normalized spacial score (nSPS) is 22.3. The van der Waals surface area contributed by atoms with Crippen molar-refractivity contribution >= 4 is 60.5 Å². The molecule has 0 bridgehead atoms. The number of rotatable bonds is 5. The van der Waals surface area contributed by atoms with Gasteiger partial charge in [0, 0.05) is 25.1 Å². The van der Waals surface area contributed by atoms with Crippen LogP contribution in [0, 0.1) is 0 Å². The van der Waals surface area contributed by atoms with E-state index in [2.05, 4.69) is 0 Å². The number of halogens is 1. The Bertz CT molecular complexity index is 907. The van der Waals surface area contributed by atoms with Crippen LogP contribution < -0.4 is 0 Å². The zero-order chi connectivity index (χ0) is 18.6. The van der Waals surface area contributed by atoms with Crippen molar-refractivity contribution in [2.75, 3.05) is 24.9 Å². The molecule has 1 aliphatic heterocycles. The van der Waals surface area contributed by atoms with E-state index in [0.29, 0.717) is 17.1 Å². The van der Waals surface area contributed by atoms with Crippen LogP contribution in [0.5, 0.6) is 0 Å². The number of thiophene rings is 1. The van der Waals surface area contributed by atoms with Crippen LogP contribution in [0.25, 0.3) is 0 Å². The average Bonchev–Trinajstić information content (AvgIpc) is 3.07. The predicted octanol–water partition coefficient (Wildman–Crippen LogP) is 1.49. The van der Waals surface area contributed by atoms with Crippen LogP contribution in [0.2, 0.25) is 4.34 Å². The molecule has 12 heteroatoms. The van der Waals surface area contributed by atoms with E-state index in [0.717, 1.165) is 29.5 Å². The third kappa shape index (κ3) is 3.72. The first kappa shape index (κ1) is 19.4. The van der Waals surface area contributed by atoms with Gasteiger partial charge in [0.05, 0.1) is 5.88 Å². The minimum absolute atomic E-state index is 0.110. The summed E-state index contributed by atoms with van der Waals surface area (Å²) in [7, 11) is -5.94. The number of sulfonamides is 1. The van der Waals surface area contributed by atoms with Crippen LogP contribution in [0.15, 0.2) is 15.2 Å². The predicted molar refractivity (Wildman–Crippen MR) is 98.4 cm³/mol. The number of amides is 1. The number of hydrogen-bond donors (Lipinski definition) is 0. The number of nitrogens with zero attached hydrogens (tertiary/aromatic N) is 2. The summed E-state index contributed by atoms with van der Waals surface area (Å²) in [5.74, 6) is 0.277. The zero-order valence-electron chi connectivity index (χ0n) is 13.5. The van der Waals surface area contributed by atoms with Gasteiger partial charge in [0.2, 0.25) is 15.9 Å². The van der Waals surface area contributed by atoms with Gasteiger partial charge in [0.25, 0.3) is 0 Å². The van der Waals surface area contributed by atoms with E-state index in [1.165, 1.54) is 11.8 Å². The first-order valence-electron chi connectivity index (χ1n) is 7.39. The summed E-state index contributed by atoms with van der Waals surface area (Å²) >= 11 is 8.07. The van der Waals surface area contributed by atoms with E-state index in [1.807, 2.05) is 0 Å². The van der Waals surface area contributed by atoms with E-state index < -0.39 is 25.9 Å². The second kappa shape index (κ2) is 6.68. The van der Waals surface area contributed by atoms with Crippen LogP contribution in [0.4, 0.5) is 0 Å². The molecular formula is C13H17ClN2O5S4. The Morgan fingerprint density at radius 3 is 2.48 bits per heavy atom. The molecule has 2 heterocycles. The maximum absolute atomic E-state index is 13.0. The lowest BCUT2D eigenvalue weighted by Crippen LogP contribution is -2.48. The highest BCUT2D eigenvalue weighted by molar-refractivity contribution is 8.00.